The van der Waals surface area contributed by atoms with E-state index < -0.39 is 6.10 Å². The van der Waals surface area contributed by atoms with E-state index in [0.717, 1.165) is 96.3 Å². The molecule has 0 aliphatic carbocycles. The summed E-state index contributed by atoms with van der Waals surface area (Å²) in [5.41, 5.74) is 0. The number of hydrogen-bond acceptors (Lipinski definition) is 6. The van der Waals surface area contributed by atoms with Gasteiger partial charge >= 0.3 is 17.9 Å². The summed E-state index contributed by atoms with van der Waals surface area (Å²) in [6.45, 7) is 6.51. The molecule has 0 aromatic carbocycles. The van der Waals surface area contributed by atoms with Crippen molar-refractivity contribution < 1.29 is 28.6 Å². The van der Waals surface area contributed by atoms with E-state index in [1.54, 1.807) is 0 Å². The first-order valence-electron chi connectivity index (χ1n) is 29.4. The fourth-order valence-electron chi connectivity index (χ4n) is 8.25. The van der Waals surface area contributed by atoms with E-state index in [-0.39, 0.29) is 31.1 Å². The van der Waals surface area contributed by atoms with Crippen LogP contribution in [-0.4, -0.2) is 37.2 Å². The predicted molar refractivity (Wildman–Crippen MR) is 298 cm³/mol. The lowest BCUT2D eigenvalue weighted by molar-refractivity contribution is -0.167. The number of allylic oxidation sites excluding steroid dienone is 12. The summed E-state index contributed by atoms with van der Waals surface area (Å²) >= 11 is 0. The Kier molecular flexibility index (Phi) is 54.8. The van der Waals surface area contributed by atoms with Crippen molar-refractivity contribution in [3.63, 3.8) is 0 Å². The zero-order valence-electron chi connectivity index (χ0n) is 45.6. The molecule has 69 heavy (non-hydrogen) atoms. The Balaban J connectivity index is 4.43. The maximum absolute atomic E-state index is 12.9. The van der Waals surface area contributed by atoms with E-state index in [4.69, 9.17) is 14.2 Å². The van der Waals surface area contributed by atoms with Gasteiger partial charge < -0.3 is 14.2 Å². The van der Waals surface area contributed by atoms with Gasteiger partial charge in [-0.25, -0.2) is 0 Å². The van der Waals surface area contributed by atoms with E-state index in [0.29, 0.717) is 19.3 Å². The second-order valence-electron chi connectivity index (χ2n) is 19.5. The van der Waals surface area contributed by atoms with Crippen molar-refractivity contribution >= 4 is 17.9 Å². The molecule has 0 fully saturated rings. The Morgan fingerprint density at radius 3 is 0.899 bits per heavy atom. The van der Waals surface area contributed by atoms with Crippen molar-refractivity contribution in [2.24, 2.45) is 0 Å². The fraction of sp³-hybridized carbons (Fsp3) is 0.762. The molecular formula is C63H110O6. The highest BCUT2D eigenvalue weighted by Crippen LogP contribution is 2.15. The summed E-state index contributed by atoms with van der Waals surface area (Å²) in [4.78, 5) is 38.2. The summed E-state index contributed by atoms with van der Waals surface area (Å²) in [5, 5.41) is 0. The van der Waals surface area contributed by atoms with Crippen LogP contribution in [0.25, 0.3) is 0 Å². The Bertz CT molecular complexity index is 1290. The van der Waals surface area contributed by atoms with Crippen LogP contribution in [0.2, 0.25) is 0 Å². The van der Waals surface area contributed by atoms with Crippen LogP contribution in [-0.2, 0) is 28.6 Å². The number of unbranched alkanes of at least 4 members (excludes halogenated alkanes) is 30. The SMILES string of the molecule is CC/C=C\C/C=C\C/C=C\C/C=C\CCCCCCC(=O)OCC(COC(=O)CCCCCCCCC/C=C\CCCCCCCC)OC(=O)CCCCCCCCC/C=C\CCCCCCCC. The van der Waals surface area contributed by atoms with Gasteiger partial charge in [0.15, 0.2) is 6.10 Å². The molecule has 6 heteroatoms. The van der Waals surface area contributed by atoms with E-state index in [9.17, 15) is 14.4 Å². The monoisotopic (exact) mass is 963 g/mol. The third kappa shape index (κ3) is 55.6. The average Bonchev–Trinajstić information content (AvgIpc) is 3.35. The molecular weight excluding hydrogens is 853 g/mol. The molecule has 1 atom stereocenters. The molecule has 0 spiro atoms. The van der Waals surface area contributed by atoms with E-state index in [1.807, 2.05) is 0 Å². The Morgan fingerprint density at radius 1 is 0.304 bits per heavy atom. The van der Waals surface area contributed by atoms with Gasteiger partial charge in [0.05, 0.1) is 0 Å². The van der Waals surface area contributed by atoms with Crippen LogP contribution in [0.1, 0.15) is 290 Å². The van der Waals surface area contributed by atoms with Gasteiger partial charge in [0, 0.05) is 19.3 Å². The van der Waals surface area contributed by atoms with Crippen LogP contribution < -0.4 is 0 Å². The normalized spacial score (nSPS) is 12.6. The predicted octanol–water partition coefficient (Wildman–Crippen LogP) is 19.8. The summed E-state index contributed by atoms with van der Waals surface area (Å²) in [7, 11) is 0. The highest BCUT2D eigenvalue weighted by Gasteiger charge is 2.19. The van der Waals surface area contributed by atoms with Crippen LogP contribution >= 0.6 is 0 Å². The molecule has 0 aromatic rings. The zero-order valence-corrected chi connectivity index (χ0v) is 45.6. The fourth-order valence-corrected chi connectivity index (χ4v) is 8.25. The summed E-state index contributed by atoms with van der Waals surface area (Å²) in [6, 6.07) is 0. The summed E-state index contributed by atoms with van der Waals surface area (Å²) in [6.07, 6.45) is 73.2. The van der Waals surface area contributed by atoms with Crippen LogP contribution in [0.3, 0.4) is 0 Å². The second-order valence-corrected chi connectivity index (χ2v) is 19.5. The lowest BCUT2D eigenvalue weighted by Gasteiger charge is -2.18. The Hall–Kier alpha value is -3.15. The Morgan fingerprint density at radius 2 is 0.565 bits per heavy atom. The lowest BCUT2D eigenvalue weighted by Crippen LogP contribution is -2.30. The van der Waals surface area contributed by atoms with Gasteiger partial charge in [0.1, 0.15) is 13.2 Å². The number of esters is 3. The smallest absolute Gasteiger partial charge is 0.306 e. The lowest BCUT2D eigenvalue weighted by atomic mass is 10.1. The summed E-state index contributed by atoms with van der Waals surface area (Å²) in [5.74, 6) is -0.910. The van der Waals surface area contributed by atoms with Crippen LogP contribution in [0.4, 0.5) is 0 Å². The van der Waals surface area contributed by atoms with Gasteiger partial charge in [-0.05, 0) is 109 Å². The maximum atomic E-state index is 12.9. The van der Waals surface area contributed by atoms with Crippen LogP contribution in [0, 0.1) is 0 Å². The van der Waals surface area contributed by atoms with E-state index >= 15 is 0 Å². The van der Waals surface area contributed by atoms with Crippen LogP contribution in [0.15, 0.2) is 72.9 Å². The molecule has 0 aromatic heterocycles. The number of carbonyl (C=O) groups excluding carboxylic acids is 3. The van der Waals surface area contributed by atoms with Gasteiger partial charge in [-0.3, -0.25) is 14.4 Å². The highest BCUT2D eigenvalue weighted by atomic mass is 16.6. The topological polar surface area (TPSA) is 78.9 Å². The van der Waals surface area contributed by atoms with Gasteiger partial charge in [-0.15, -0.1) is 0 Å². The van der Waals surface area contributed by atoms with Crippen molar-refractivity contribution in [3.05, 3.63) is 72.9 Å². The molecule has 6 nitrogen and oxygen atoms in total. The minimum atomic E-state index is -0.790. The number of carbonyl (C=O) groups is 3. The van der Waals surface area contributed by atoms with Crippen molar-refractivity contribution in [1.29, 1.82) is 0 Å². The van der Waals surface area contributed by atoms with Crippen molar-refractivity contribution in [3.8, 4) is 0 Å². The molecule has 0 aliphatic rings. The van der Waals surface area contributed by atoms with E-state index in [2.05, 4.69) is 93.7 Å². The molecule has 0 aliphatic heterocycles. The first kappa shape index (κ1) is 65.8. The minimum absolute atomic E-state index is 0.0865. The van der Waals surface area contributed by atoms with Crippen LogP contribution in [0.5, 0.6) is 0 Å². The standard InChI is InChI=1S/C63H110O6/c1-4-7-10-13-16-19-22-25-28-31-34-37-40-43-46-49-52-55-61(64)67-58-60(69-63(66)57-54-51-48-45-42-39-36-33-30-27-24-21-18-15-12-9-6-3)59-68-62(65)56-53-50-47-44-41-38-35-32-29-26-23-20-17-14-11-8-5-2/h7,10,16,19,25-30,34,37,60H,4-6,8-9,11-15,17-18,20-24,31-33,35-36,38-59H2,1-3H3/b10-7-,19-16-,28-25-,29-26-,30-27-,37-34-. The average molecular weight is 964 g/mol. The molecule has 0 rings (SSSR count). The number of rotatable bonds is 53. The summed E-state index contributed by atoms with van der Waals surface area (Å²) < 4.78 is 16.9. The third-order valence-electron chi connectivity index (χ3n) is 12.7. The molecule has 0 saturated carbocycles. The first-order valence-corrected chi connectivity index (χ1v) is 29.4. The van der Waals surface area contributed by atoms with Gasteiger partial charge in [0.25, 0.3) is 0 Å². The minimum Gasteiger partial charge on any atom is -0.462 e. The maximum Gasteiger partial charge on any atom is 0.306 e. The molecule has 1 unspecified atom stereocenters. The van der Waals surface area contributed by atoms with E-state index in [1.165, 1.54) is 154 Å². The zero-order chi connectivity index (χ0) is 50.0. The first-order chi connectivity index (χ1) is 34.0. The molecule has 0 amide bonds. The third-order valence-corrected chi connectivity index (χ3v) is 12.7. The van der Waals surface area contributed by atoms with Gasteiger partial charge in [0.2, 0.25) is 0 Å². The molecule has 0 saturated heterocycles. The Labute approximate surface area is 427 Å². The molecule has 0 radical (unpaired) electrons. The van der Waals surface area contributed by atoms with Gasteiger partial charge in [-0.1, -0.05) is 235 Å². The molecule has 0 bridgehead atoms. The van der Waals surface area contributed by atoms with Crippen molar-refractivity contribution in [2.75, 3.05) is 13.2 Å². The molecule has 398 valence electrons. The van der Waals surface area contributed by atoms with Crippen molar-refractivity contribution in [2.45, 2.75) is 297 Å². The molecule has 0 N–H and O–H groups in total. The van der Waals surface area contributed by atoms with Gasteiger partial charge in [-0.2, -0.15) is 0 Å². The largest absolute Gasteiger partial charge is 0.462 e. The molecule has 0 heterocycles. The number of ether oxygens (including phenoxy) is 3. The number of hydrogen-bond donors (Lipinski definition) is 0. The highest BCUT2D eigenvalue weighted by molar-refractivity contribution is 5.71. The quantitative estimate of drug-likeness (QED) is 0.0262. The van der Waals surface area contributed by atoms with Crippen molar-refractivity contribution in [1.82, 2.24) is 0 Å². The second kappa shape index (κ2) is 57.4.